The van der Waals surface area contributed by atoms with Gasteiger partial charge in [0.25, 0.3) is 0 Å². The summed E-state index contributed by atoms with van der Waals surface area (Å²) in [7, 11) is 1.61. The summed E-state index contributed by atoms with van der Waals surface area (Å²) in [5.41, 5.74) is 0. The Balaban J connectivity index is 2.09. The lowest BCUT2D eigenvalue weighted by Gasteiger charge is -2.09. The van der Waals surface area contributed by atoms with E-state index < -0.39 is 0 Å². The number of carbonyl (C=O) groups is 1. The van der Waals surface area contributed by atoms with Crippen LogP contribution in [0, 0.1) is 5.92 Å². The minimum absolute atomic E-state index is 0.0137. The van der Waals surface area contributed by atoms with Gasteiger partial charge in [0.2, 0.25) is 5.91 Å². The van der Waals surface area contributed by atoms with Crippen molar-refractivity contribution in [3.63, 3.8) is 0 Å². The Labute approximate surface area is 126 Å². The molecule has 0 saturated heterocycles. The fourth-order valence-electron chi connectivity index (χ4n) is 1.79. The van der Waals surface area contributed by atoms with Gasteiger partial charge in [0.05, 0.1) is 20.1 Å². The molecule has 1 aromatic carbocycles. The molecule has 1 atom stereocenters. The van der Waals surface area contributed by atoms with Gasteiger partial charge >= 0.3 is 0 Å². The minimum atomic E-state index is -0.0137. The van der Waals surface area contributed by atoms with Crippen LogP contribution in [0.1, 0.15) is 26.2 Å². The molecular formula is C16H25NO4. The number of aliphatic hydroxyl groups is 1. The third-order valence-corrected chi connectivity index (χ3v) is 3.16. The molecular weight excluding hydrogens is 270 g/mol. The second-order valence-electron chi connectivity index (χ2n) is 5.05. The highest BCUT2D eigenvalue weighted by Crippen LogP contribution is 2.16. The standard InChI is InChI=1S/C16H25NO4/c1-13(12-18)4-3-10-17-16(19)9-11-21-15-7-5-14(20-2)6-8-15/h5-8,13,18H,3-4,9-12H2,1-2H3,(H,17,19). The molecule has 0 aromatic heterocycles. The van der Waals surface area contributed by atoms with E-state index in [0.29, 0.717) is 25.5 Å². The van der Waals surface area contributed by atoms with Crippen molar-refractivity contribution in [1.82, 2.24) is 5.32 Å². The summed E-state index contributed by atoms with van der Waals surface area (Å²) in [6.07, 6.45) is 2.13. The first-order valence-corrected chi connectivity index (χ1v) is 7.30. The zero-order chi connectivity index (χ0) is 15.5. The van der Waals surface area contributed by atoms with Crippen LogP contribution < -0.4 is 14.8 Å². The molecule has 1 rings (SSSR count). The summed E-state index contributed by atoms with van der Waals surface area (Å²) in [5.74, 6) is 1.78. The average Bonchev–Trinajstić information content (AvgIpc) is 2.52. The molecule has 5 heteroatoms. The number of benzene rings is 1. The summed E-state index contributed by atoms with van der Waals surface area (Å²) in [5, 5.41) is 11.7. The van der Waals surface area contributed by atoms with Gasteiger partial charge in [-0.25, -0.2) is 0 Å². The van der Waals surface area contributed by atoms with E-state index in [1.165, 1.54) is 0 Å². The number of ether oxygens (including phenoxy) is 2. The molecule has 2 N–H and O–H groups in total. The molecule has 0 radical (unpaired) electrons. The van der Waals surface area contributed by atoms with E-state index in [2.05, 4.69) is 5.32 Å². The maximum Gasteiger partial charge on any atom is 0.223 e. The van der Waals surface area contributed by atoms with Crippen molar-refractivity contribution >= 4 is 5.91 Å². The summed E-state index contributed by atoms with van der Waals surface area (Å²) in [4.78, 5) is 11.6. The number of carbonyl (C=O) groups excluding carboxylic acids is 1. The van der Waals surface area contributed by atoms with Crippen LogP contribution in [0.2, 0.25) is 0 Å². The predicted molar refractivity (Wildman–Crippen MR) is 81.6 cm³/mol. The maximum atomic E-state index is 11.6. The van der Waals surface area contributed by atoms with Crippen LogP contribution in [0.5, 0.6) is 11.5 Å². The Morgan fingerprint density at radius 1 is 1.29 bits per heavy atom. The van der Waals surface area contributed by atoms with Gasteiger partial charge in [-0.05, 0) is 43.0 Å². The number of nitrogens with one attached hydrogen (secondary N) is 1. The number of rotatable bonds is 10. The van der Waals surface area contributed by atoms with Gasteiger partial charge in [0.1, 0.15) is 11.5 Å². The molecule has 0 aliphatic heterocycles. The van der Waals surface area contributed by atoms with Gasteiger partial charge in [0.15, 0.2) is 0 Å². The van der Waals surface area contributed by atoms with E-state index in [-0.39, 0.29) is 12.5 Å². The third-order valence-electron chi connectivity index (χ3n) is 3.16. The molecule has 0 saturated carbocycles. The van der Waals surface area contributed by atoms with Crippen LogP contribution in [0.15, 0.2) is 24.3 Å². The Morgan fingerprint density at radius 3 is 2.57 bits per heavy atom. The molecule has 0 heterocycles. The second kappa shape index (κ2) is 10.0. The van der Waals surface area contributed by atoms with Gasteiger partial charge in [-0.15, -0.1) is 0 Å². The Bertz CT molecular complexity index is 405. The van der Waals surface area contributed by atoms with Gasteiger partial charge in [-0.1, -0.05) is 6.92 Å². The molecule has 0 aliphatic carbocycles. The first-order valence-electron chi connectivity index (χ1n) is 7.30. The highest BCUT2D eigenvalue weighted by Gasteiger charge is 2.03. The van der Waals surface area contributed by atoms with Crippen LogP contribution in [-0.2, 0) is 4.79 Å². The SMILES string of the molecule is COc1ccc(OCCC(=O)NCCCC(C)CO)cc1. The third kappa shape index (κ3) is 7.56. The highest BCUT2D eigenvalue weighted by molar-refractivity contribution is 5.75. The van der Waals surface area contributed by atoms with Gasteiger partial charge in [0, 0.05) is 13.2 Å². The Kier molecular flexibility index (Phi) is 8.28. The minimum Gasteiger partial charge on any atom is -0.497 e. The molecule has 0 aliphatic rings. The number of hydrogen-bond acceptors (Lipinski definition) is 4. The smallest absolute Gasteiger partial charge is 0.223 e. The monoisotopic (exact) mass is 295 g/mol. The second-order valence-corrected chi connectivity index (χ2v) is 5.05. The number of amides is 1. The highest BCUT2D eigenvalue weighted by atomic mass is 16.5. The zero-order valence-corrected chi connectivity index (χ0v) is 12.8. The number of hydrogen-bond donors (Lipinski definition) is 2. The van der Waals surface area contributed by atoms with Crippen LogP contribution in [0.3, 0.4) is 0 Å². The van der Waals surface area contributed by atoms with Crippen molar-refractivity contribution in [2.24, 2.45) is 5.92 Å². The lowest BCUT2D eigenvalue weighted by atomic mass is 10.1. The van der Waals surface area contributed by atoms with Crippen molar-refractivity contribution in [2.45, 2.75) is 26.2 Å². The largest absolute Gasteiger partial charge is 0.497 e. The molecule has 1 aromatic rings. The van der Waals surface area contributed by atoms with Crippen LogP contribution in [0.25, 0.3) is 0 Å². The quantitative estimate of drug-likeness (QED) is 0.648. The Morgan fingerprint density at radius 2 is 1.95 bits per heavy atom. The van der Waals surface area contributed by atoms with Crippen molar-refractivity contribution < 1.29 is 19.4 Å². The molecule has 1 unspecified atom stereocenters. The predicted octanol–water partition coefficient (Wildman–Crippen LogP) is 1.99. The fraction of sp³-hybridized carbons (Fsp3) is 0.562. The lowest BCUT2D eigenvalue weighted by molar-refractivity contribution is -0.121. The Hall–Kier alpha value is -1.75. The molecule has 21 heavy (non-hydrogen) atoms. The number of aliphatic hydroxyl groups excluding tert-OH is 1. The van der Waals surface area contributed by atoms with E-state index in [0.717, 1.165) is 24.3 Å². The van der Waals surface area contributed by atoms with Gasteiger partial charge < -0.3 is 19.9 Å². The van der Waals surface area contributed by atoms with E-state index >= 15 is 0 Å². The van der Waals surface area contributed by atoms with E-state index in [4.69, 9.17) is 14.6 Å². The van der Waals surface area contributed by atoms with Crippen LogP contribution in [0.4, 0.5) is 0 Å². The number of methoxy groups -OCH3 is 1. The zero-order valence-electron chi connectivity index (χ0n) is 12.8. The molecule has 0 fully saturated rings. The summed E-state index contributed by atoms with van der Waals surface area (Å²) in [6.45, 7) is 3.19. The van der Waals surface area contributed by atoms with Crippen LogP contribution in [-0.4, -0.2) is 37.9 Å². The van der Waals surface area contributed by atoms with Crippen molar-refractivity contribution in [2.75, 3.05) is 26.9 Å². The molecule has 118 valence electrons. The van der Waals surface area contributed by atoms with Crippen molar-refractivity contribution in [3.05, 3.63) is 24.3 Å². The fourth-order valence-corrected chi connectivity index (χ4v) is 1.79. The maximum absolute atomic E-state index is 11.6. The normalized spacial score (nSPS) is 11.8. The summed E-state index contributed by atoms with van der Waals surface area (Å²) >= 11 is 0. The topological polar surface area (TPSA) is 67.8 Å². The molecule has 1 amide bonds. The van der Waals surface area contributed by atoms with E-state index in [1.54, 1.807) is 7.11 Å². The molecule has 0 bridgehead atoms. The summed E-state index contributed by atoms with van der Waals surface area (Å²) < 4.78 is 10.5. The first kappa shape index (κ1) is 17.3. The van der Waals surface area contributed by atoms with Gasteiger partial charge in [-0.3, -0.25) is 4.79 Å². The average molecular weight is 295 g/mol. The molecule has 5 nitrogen and oxygen atoms in total. The van der Waals surface area contributed by atoms with Crippen molar-refractivity contribution in [3.8, 4) is 11.5 Å². The first-order chi connectivity index (χ1) is 10.2. The lowest BCUT2D eigenvalue weighted by Crippen LogP contribution is -2.26. The van der Waals surface area contributed by atoms with Crippen molar-refractivity contribution in [1.29, 1.82) is 0 Å². The summed E-state index contributed by atoms with van der Waals surface area (Å²) in [6, 6.07) is 7.26. The van der Waals surface area contributed by atoms with Crippen LogP contribution >= 0.6 is 0 Å². The van der Waals surface area contributed by atoms with Gasteiger partial charge in [-0.2, -0.15) is 0 Å². The van der Waals surface area contributed by atoms with E-state index in [1.807, 2.05) is 31.2 Å². The van der Waals surface area contributed by atoms with E-state index in [9.17, 15) is 4.79 Å². The molecule has 0 spiro atoms.